The average Bonchev–Trinajstić information content (AvgIpc) is 3.24. The van der Waals surface area contributed by atoms with Gasteiger partial charge in [0.05, 0.1) is 4.90 Å². The number of amides is 1. The molecule has 28 heavy (non-hydrogen) atoms. The van der Waals surface area contributed by atoms with Gasteiger partial charge in [-0.2, -0.15) is 5.01 Å². The Balaban J connectivity index is 1.64. The fourth-order valence-corrected chi connectivity index (χ4v) is 5.85. The number of amidine groups is 1. The van der Waals surface area contributed by atoms with E-state index in [0.29, 0.717) is 17.0 Å². The molecule has 3 aliphatic rings. The first-order valence-corrected chi connectivity index (χ1v) is 10.9. The Bertz CT molecular complexity index is 1060. The first-order chi connectivity index (χ1) is 13.6. The van der Waals surface area contributed by atoms with Crippen LogP contribution in [0.15, 0.2) is 64.6 Å². The van der Waals surface area contributed by atoms with Crippen molar-refractivity contribution in [3.05, 3.63) is 65.7 Å². The maximum atomic E-state index is 13.3. The van der Waals surface area contributed by atoms with Crippen LogP contribution in [0.3, 0.4) is 0 Å². The van der Waals surface area contributed by atoms with Gasteiger partial charge in [-0.25, -0.2) is 12.7 Å². The molecule has 144 valence electrons. The van der Waals surface area contributed by atoms with E-state index in [2.05, 4.69) is 5.10 Å². The summed E-state index contributed by atoms with van der Waals surface area (Å²) in [6.45, 7) is 1.46. The summed E-state index contributed by atoms with van der Waals surface area (Å²) in [5.74, 6) is 0.0289. The lowest BCUT2D eigenvalue weighted by molar-refractivity contribution is 0.00557. The van der Waals surface area contributed by atoms with Crippen molar-refractivity contribution >= 4 is 21.8 Å². The van der Waals surface area contributed by atoms with E-state index in [1.165, 1.54) is 9.31 Å². The minimum absolute atomic E-state index is 0.252. The van der Waals surface area contributed by atoms with Gasteiger partial charge in [-0.1, -0.05) is 36.8 Å². The number of carbonyl (C=O) groups is 1. The zero-order valence-electron chi connectivity index (χ0n) is 15.2. The van der Waals surface area contributed by atoms with E-state index in [1.807, 2.05) is 11.0 Å². The minimum Gasteiger partial charge on any atom is -0.267 e. The Hall–Kier alpha value is -2.71. The molecule has 0 bridgehead atoms. The molecule has 1 atom stereocenters. The van der Waals surface area contributed by atoms with E-state index >= 15 is 0 Å². The Labute approximate surface area is 163 Å². The van der Waals surface area contributed by atoms with Crippen LogP contribution in [-0.2, 0) is 10.0 Å². The molecule has 0 spiro atoms. The van der Waals surface area contributed by atoms with Crippen LogP contribution in [0.25, 0.3) is 0 Å². The molecule has 1 unspecified atom stereocenters. The van der Waals surface area contributed by atoms with E-state index in [1.54, 1.807) is 48.5 Å². The summed E-state index contributed by atoms with van der Waals surface area (Å²) >= 11 is 0. The Morgan fingerprint density at radius 2 is 1.61 bits per heavy atom. The van der Waals surface area contributed by atoms with Gasteiger partial charge in [0.2, 0.25) is 0 Å². The third-order valence-electron chi connectivity index (χ3n) is 5.45. The number of nitrogens with zero attached hydrogens (tertiary/aromatic N) is 4. The van der Waals surface area contributed by atoms with Crippen LogP contribution in [0.4, 0.5) is 0 Å². The molecule has 1 amide bonds. The van der Waals surface area contributed by atoms with Crippen molar-refractivity contribution < 1.29 is 13.2 Å². The molecule has 7 nitrogen and oxygen atoms in total. The average molecular weight is 396 g/mol. The van der Waals surface area contributed by atoms with Gasteiger partial charge < -0.3 is 0 Å². The van der Waals surface area contributed by atoms with Crippen LogP contribution in [0, 0.1) is 0 Å². The van der Waals surface area contributed by atoms with E-state index in [-0.39, 0.29) is 10.8 Å². The van der Waals surface area contributed by atoms with Gasteiger partial charge in [0.1, 0.15) is 0 Å². The van der Waals surface area contributed by atoms with Gasteiger partial charge in [0, 0.05) is 24.2 Å². The second-order valence-electron chi connectivity index (χ2n) is 7.18. The van der Waals surface area contributed by atoms with Crippen molar-refractivity contribution in [2.45, 2.75) is 30.4 Å². The number of benzene rings is 2. The summed E-state index contributed by atoms with van der Waals surface area (Å²) in [6, 6.07) is 15.7. The van der Waals surface area contributed by atoms with Gasteiger partial charge in [-0.3, -0.25) is 9.69 Å². The van der Waals surface area contributed by atoms with Gasteiger partial charge in [0.15, 0.2) is 12.1 Å². The number of hydrogen-bond acceptors (Lipinski definition) is 5. The summed E-state index contributed by atoms with van der Waals surface area (Å²) in [4.78, 5) is 15.5. The molecular formula is C20H20N4O3S. The molecule has 3 aliphatic heterocycles. The van der Waals surface area contributed by atoms with Crippen molar-refractivity contribution in [3.8, 4) is 0 Å². The zero-order valence-corrected chi connectivity index (χ0v) is 16.0. The normalized spacial score (nSPS) is 23.3. The number of sulfonamides is 1. The molecule has 0 aliphatic carbocycles. The second-order valence-corrected chi connectivity index (χ2v) is 8.96. The largest absolute Gasteiger partial charge is 0.277 e. The summed E-state index contributed by atoms with van der Waals surface area (Å²) in [5.41, 5.74) is 1.04. The molecule has 0 aromatic heterocycles. The highest BCUT2D eigenvalue weighted by Crippen LogP contribution is 2.39. The summed E-state index contributed by atoms with van der Waals surface area (Å²) < 4.78 is 27.9. The Kier molecular flexibility index (Phi) is 3.99. The molecule has 8 heteroatoms. The second kappa shape index (κ2) is 6.42. The SMILES string of the molecule is O=C(c1ccccc1)N1N=C2c3ccccc3S(=O)(=O)N2C1N1CCCCC1. The fourth-order valence-electron chi connectivity index (χ4n) is 4.11. The third-order valence-corrected chi connectivity index (χ3v) is 7.24. The highest BCUT2D eigenvalue weighted by molar-refractivity contribution is 7.90. The number of piperidine rings is 1. The lowest BCUT2D eigenvalue weighted by atomic mass is 10.1. The maximum Gasteiger partial charge on any atom is 0.277 e. The molecule has 0 N–H and O–H groups in total. The predicted octanol–water partition coefficient (Wildman–Crippen LogP) is 2.28. The van der Waals surface area contributed by atoms with Crippen LogP contribution < -0.4 is 0 Å². The van der Waals surface area contributed by atoms with Crippen LogP contribution >= 0.6 is 0 Å². The van der Waals surface area contributed by atoms with E-state index in [9.17, 15) is 13.2 Å². The molecule has 2 aromatic rings. The quantitative estimate of drug-likeness (QED) is 0.781. The van der Waals surface area contributed by atoms with Crippen LogP contribution in [0.5, 0.6) is 0 Å². The zero-order chi connectivity index (χ0) is 19.3. The Morgan fingerprint density at radius 1 is 0.929 bits per heavy atom. The molecule has 1 saturated heterocycles. The first kappa shape index (κ1) is 17.4. The predicted molar refractivity (Wildman–Crippen MR) is 104 cm³/mol. The molecule has 2 aromatic carbocycles. The molecule has 0 radical (unpaired) electrons. The minimum atomic E-state index is -3.76. The van der Waals surface area contributed by atoms with Crippen molar-refractivity contribution in [3.63, 3.8) is 0 Å². The number of rotatable bonds is 2. The third kappa shape index (κ3) is 2.48. The molecule has 3 heterocycles. The fraction of sp³-hybridized carbons (Fsp3) is 0.300. The van der Waals surface area contributed by atoms with E-state index in [0.717, 1.165) is 32.4 Å². The van der Waals surface area contributed by atoms with E-state index < -0.39 is 16.3 Å². The summed E-state index contributed by atoms with van der Waals surface area (Å²) in [7, 11) is -3.76. The smallest absolute Gasteiger partial charge is 0.267 e. The van der Waals surface area contributed by atoms with Crippen molar-refractivity contribution in [1.82, 2.24) is 14.2 Å². The van der Waals surface area contributed by atoms with Crippen molar-refractivity contribution in [2.24, 2.45) is 5.10 Å². The standard InChI is InChI=1S/C20H20N4O3S/c25-19(15-9-3-1-4-10-15)23-20(22-13-7-2-8-14-22)24-18(21-23)16-11-5-6-12-17(16)28(24,26)27/h1,3-6,9-12,20H,2,7-8,13-14H2. The van der Waals surface area contributed by atoms with Gasteiger partial charge in [-0.15, -0.1) is 5.10 Å². The van der Waals surface area contributed by atoms with Crippen LogP contribution in [-0.4, -0.2) is 53.8 Å². The van der Waals surface area contributed by atoms with Gasteiger partial charge in [-0.05, 0) is 37.1 Å². The molecule has 0 saturated carbocycles. The van der Waals surface area contributed by atoms with E-state index in [4.69, 9.17) is 0 Å². The molecular weight excluding hydrogens is 376 g/mol. The highest BCUT2D eigenvalue weighted by Gasteiger charge is 2.53. The molecule has 1 fully saturated rings. The van der Waals surface area contributed by atoms with Crippen molar-refractivity contribution in [2.75, 3.05) is 13.1 Å². The lowest BCUT2D eigenvalue weighted by Crippen LogP contribution is -2.56. The Morgan fingerprint density at radius 3 is 2.36 bits per heavy atom. The van der Waals surface area contributed by atoms with Gasteiger partial charge >= 0.3 is 0 Å². The maximum absolute atomic E-state index is 13.3. The van der Waals surface area contributed by atoms with Crippen molar-refractivity contribution in [1.29, 1.82) is 0 Å². The number of hydrogen-bond donors (Lipinski definition) is 0. The lowest BCUT2D eigenvalue weighted by Gasteiger charge is -2.38. The number of likely N-dealkylation sites (tertiary alicyclic amines) is 1. The number of carbonyl (C=O) groups excluding carboxylic acids is 1. The molecule has 5 rings (SSSR count). The topological polar surface area (TPSA) is 73.3 Å². The first-order valence-electron chi connectivity index (χ1n) is 9.44. The van der Waals surface area contributed by atoms with Gasteiger partial charge in [0.25, 0.3) is 15.9 Å². The monoisotopic (exact) mass is 396 g/mol. The summed E-state index contributed by atoms with van der Waals surface area (Å²) in [5, 5.41) is 5.86. The summed E-state index contributed by atoms with van der Waals surface area (Å²) in [6.07, 6.45) is 2.29. The van der Waals surface area contributed by atoms with Crippen LogP contribution in [0.1, 0.15) is 35.2 Å². The number of fused-ring (bicyclic) bond motifs is 3. The van der Waals surface area contributed by atoms with Crippen LogP contribution in [0.2, 0.25) is 0 Å². The highest BCUT2D eigenvalue weighted by atomic mass is 32.2. The number of hydrazone groups is 1.